The van der Waals surface area contributed by atoms with Crippen molar-refractivity contribution in [2.75, 3.05) is 99.3 Å². The number of urea groups is 1. The van der Waals surface area contributed by atoms with E-state index in [9.17, 15) is 42.3 Å². The molecule has 6 aliphatic heterocycles. The van der Waals surface area contributed by atoms with E-state index in [2.05, 4.69) is 53.8 Å². The summed E-state index contributed by atoms with van der Waals surface area (Å²) in [4.78, 5) is 91.0. The molecule has 6 aromatic rings. The maximum absolute atomic E-state index is 13.3. The molecule has 12 rings (SSSR count). The van der Waals surface area contributed by atoms with Crippen molar-refractivity contribution in [3.05, 3.63) is 128 Å². The van der Waals surface area contributed by atoms with E-state index in [0.717, 1.165) is 32.9 Å². The van der Waals surface area contributed by atoms with Crippen molar-refractivity contribution in [2.24, 2.45) is 0 Å². The molecule has 3 saturated heterocycles. The first-order chi connectivity index (χ1) is 43.8. The summed E-state index contributed by atoms with van der Waals surface area (Å²) in [5, 5.41) is 20.6. The normalized spacial score (nSPS) is 16.2. The number of morpholine rings is 3. The van der Waals surface area contributed by atoms with Crippen LogP contribution in [-0.2, 0) is 77.3 Å². The maximum atomic E-state index is 13.3. The van der Waals surface area contributed by atoms with Crippen molar-refractivity contribution < 1.29 is 70.8 Å². The average Bonchev–Trinajstić information content (AvgIpc) is 1.87. The van der Waals surface area contributed by atoms with Gasteiger partial charge in [-0.15, -0.1) is 0 Å². The van der Waals surface area contributed by atoms with Gasteiger partial charge in [-0.25, -0.2) is 28.0 Å². The molecule has 6 aliphatic rings. The number of carbonyl (C=O) groups excluding carboxylic acids is 7. The summed E-state index contributed by atoms with van der Waals surface area (Å²) in [5.74, 6) is -0.884. The minimum Gasteiger partial charge on any atom is -0.444 e. The number of benzene rings is 3. The first kappa shape index (κ1) is 69.7. The number of nitrogens with zero attached hydrogens (tertiary/aromatic N) is 11. The zero-order chi connectivity index (χ0) is 66.3. The Bertz CT molecular complexity index is 3590. The van der Waals surface area contributed by atoms with Crippen molar-refractivity contribution in [1.29, 1.82) is 0 Å². The molecule has 3 aromatic carbocycles. The molecule has 8 amide bonds. The van der Waals surface area contributed by atoms with Crippen LogP contribution in [0.4, 0.5) is 50.7 Å². The minimum absolute atomic E-state index is 0.00810. The highest BCUT2D eigenvalue weighted by molar-refractivity contribution is 14.1. The molecule has 0 spiro atoms. The molecule has 3 aromatic heterocycles. The highest BCUT2D eigenvalue weighted by Gasteiger charge is 2.33. The first-order valence-electron chi connectivity index (χ1n) is 29.1. The van der Waals surface area contributed by atoms with E-state index in [-0.39, 0.29) is 65.8 Å². The van der Waals surface area contributed by atoms with Crippen LogP contribution in [0, 0.1) is 15.2 Å². The Balaban J connectivity index is 0.000000154. The molecule has 27 nitrogen and oxygen atoms in total. The monoisotopic (exact) mass is 1430 g/mol. The van der Waals surface area contributed by atoms with Crippen molar-refractivity contribution in [1.82, 2.24) is 49.4 Å². The van der Waals surface area contributed by atoms with Gasteiger partial charge < -0.3 is 63.6 Å². The van der Waals surface area contributed by atoms with E-state index < -0.39 is 28.9 Å². The van der Waals surface area contributed by atoms with E-state index >= 15 is 0 Å². The van der Waals surface area contributed by atoms with Crippen LogP contribution in [0.25, 0.3) is 0 Å². The lowest BCUT2D eigenvalue weighted by molar-refractivity contribution is -0.129. The molecule has 0 atom stereocenters. The number of nitrogens with one attached hydrogen (secondary N) is 3. The topological polar surface area (TPSA) is 281 Å². The Morgan fingerprint density at radius 2 is 1.03 bits per heavy atom. The minimum atomic E-state index is -0.663. The summed E-state index contributed by atoms with van der Waals surface area (Å²) in [7, 11) is 0. The average molecular weight is 1430 g/mol. The number of halogens is 5. The molecule has 0 aliphatic carbocycles. The molecule has 92 heavy (non-hydrogen) atoms. The number of amides is 8. The Kier molecular flexibility index (Phi) is 24.2. The third-order valence-electron chi connectivity index (χ3n) is 13.8. The van der Waals surface area contributed by atoms with Crippen LogP contribution in [-0.4, -0.2) is 176 Å². The van der Waals surface area contributed by atoms with Crippen LogP contribution in [0.1, 0.15) is 58.6 Å². The van der Waals surface area contributed by atoms with Gasteiger partial charge in [-0.05, 0) is 113 Å². The standard InChI is InChI=1S/C17H17ClFN5O3.C15H22N4O4.C13H9ClFNO2.C11H16IN3O2.C4H7NO2/c18-12-7-11(1-2-13(12)19)21-17(26)22-3-4-24-15(9-22)14(8-20-24)23-5-6-27-10-16(23)25;1-15(2,3)23-14(21)17-4-5-19-12(9-17)11(8-16-19)18-6-7-22-10-13(18)20;14-11-8-9(6-7-12(11)15)16-13(17)18-10-4-2-1-3-5-10;1-11(2,3)17-10(16)14-4-5-15-9(7-14)8(12)6-13-15;6-4-3-7-2-1-5-4/h1-2,7-8H,3-6,9-10H2,(H,21,26);8H,4-7,9-10H2,1-3H3;1-8H,(H,16,17);6H,4-5,7H2,1-3H3;1-3H2,(H,5,6). The Morgan fingerprint density at radius 1 is 0.576 bits per heavy atom. The third-order valence-corrected chi connectivity index (χ3v) is 15.2. The van der Waals surface area contributed by atoms with E-state index in [1.54, 1.807) is 65.8 Å². The lowest BCUT2D eigenvalue weighted by atomic mass is 10.2. The van der Waals surface area contributed by atoms with Gasteiger partial charge in [0.1, 0.15) is 48.4 Å². The summed E-state index contributed by atoms with van der Waals surface area (Å²) in [6.07, 6.45) is 3.92. The highest BCUT2D eigenvalue weighted by Crippen LogP contribution is 2.30. The van der Waals surface area contributed by atoms with Crippen LogP contribution in [0.2, 0.25) is 10.0 Å². The Labute approximate surface area is 552 Å². The van der Waals surface area contributed by atoms with Gasteiger partial charge in [0.15, 0.2) is 0 Å². The zero-order valence-electron chi connectivity index (χ0n) is 51.4. The fraction of sp³-hybridized carbons (Fsp3) is 0.433. The van der Waals surface area contributed by atoms with Crippen LogP contribution in [0.5, 0.6) is 5.75 Å². The summed E-state index contributed by atoms with van der Waals surface area (Å²) in [6, 6.07) is 16.2. The predicted molar refractivity (Wildman–Crippen MR) is 341 cm³/mol. The number of rotatable bonds is 5. The highest BCUT2D eigenvalue weighted by atomic mass is 127. The number of para-hydroxylation sites is 1. The van der Waals surface area contributed by atoms with Crippen molar-refractivity contribution in [3.8, 4) is 5.75 Å². The van der Waals surface area contributed by atoms with Gasteiger partial charge in [0.25, 0.3) is 11.8 Å². The molecule has 0 radical (unpaired) electrons. The molecule has 0 unspecified atom stereocenters. The SMILES string of the molecule is CC(C)(C)OC(=O)N1CCn2ncc(I)c2C1.CC(C)(C)OC(=O)N1CCn2ncc(N3CCOCC3=O)c2C1.O=C(Nc1ccc(F)c(Cl)c1)N1CCn2ncc(N3CCOCC3=O)c2C1.O=C(Nc1ccc(F)c(Cl)c1)Oc1ccccc1.O=C1COCCN1. The maximum Gasteiger partial charge on any atom is 0.417 e. The second-order valence-corrected chi connectivity index (χ2v) is 24.9. The summed E-state index contributed by atoms with van der Waals surface area (Å²) in [5.41, 5.74) is 4.00. The zero-order valence-corrected chi connectivity index (χ0v) is 55.1. The van der Waals surface area contributed by atoms with Crippen LogP contribution in [0.3, 0.4) is 0 Å². The second kappa shape index (κ2) is 31.9. The van der Waals surface area contributed by atoms with Gasteiger partial charge in [0.05, 0.1) is 120 Å². The lowest BCUT2D eigenvalue weighted by Gasteiger charge is -2.32. The third kappa shape index (κ3) is 19.9. The van der Waals surface area contributed by atoms with Crippen molar-refractivity contribution >= 4 is 111 Å². The van der Waals surface area contributed by atoms with E-state index in [0.29, 0.717) is 115 Å². The summed E-state index contributed by atoms with van der Waals surface area (Å²) in [6.45, 7) is 19.6. The first-order valence-corrected chi connectivity index (χ1v) is 31.0. The second-order valence-electron chi connectivity index (χ2n) is 22.9. The number of anilines is 4. The molecular weight excluding hydrogens is 1360 g/mol. The largest absolute Gasteiger partial charge is 0.444 e. The Morgan fingerprint density at radius 3 is 1.49 bits per heavy atom. The number of ether oxygens (including phenoxy) is 6. The Hall–Kier alpha value is -8.17. The van der Waals surface area contributed by atoms with Gasteiger partial charge in [-0.2, -0.15) is 15.3 Å². The molecule has 0 saturated carbocycles. The van der Waals surface area contributed by atoms with Gasteiger partial charge >= 0.3 is 24.3 Å². The van der Waals surface area contributed by atoms with Gasteiger partial charge in [0, 0.05) is 50.6 Å². The number of hydrogen-bond acceptors (Lipinski definition) is 16. The quantitative estimate of drug-likeness (QED) is 0.136. The smallest absolute Gasteiger partial charge is 0.417 e. The predicted octanol–water partition coefficient (Wildman–Crippen LogP) is 8.54. The molecule has 3 N–H and O–H groups in total. The summed E-state index contributed by atoms with van der Waals surface area (Å²) >= 11 is 13.6. The van der Waals surface area contributed by atoms with E-state index in [4.69, 9.17) is 51.6 Å². The molecule has 9 heterocycles. The fourth-order valence-electron chi connectivity index (χ4n) is 9.38. The number of fused-ring (bicyclic) bond motifs is 3. The van der Waals surface area contributed by atoms with Gasteiger partial charge in [-0.1, -0.05) is 41.4 Å². The summed E-state index contributed by atoms with van der Waals surface area (Å²) < 4.78 is 63.8. The van der Waals surface area contributed by atoms with Crippen LogP contribution in [0.15, 0.2) is 85.3 Å². The number of hydrogen-bond donors (Lipinski definition) is 3. The van der Waals surface area contributed by atoms with Crippen molar-refractivity contribution in [3.63, 3.8) is 0 Å². The number of aromatic nitrogens is 6. The number of carbonyl (C=O) groups is 7. The van der Waals surface area contributed by atoms with Crippen molar-refractivity contribution in [2.45, 2.75) is 92.0 Å². The van der Waals surface area contributed by atoms with E-state index in [1.807, 2.05) is 63.2 Å². The van der Waals surface area contributed by atoms with Gasteiger partial charge in [-0.3, -0.25) is 33.7 Å². The fourth-order valence-corrected chi connectivity index (χ4v) is 10.3. The molecule has 32 heteroatoms. The molecule has 3 fully saturated rings. The van der Waals surface area contributed by atoms with Gasteiger partial charge in [0.2, 0.25) is 5.91 Å². The van der Waals surface area contributed by atoms with E-state index in [1.165, 1.54) is 36.4 Å². The molecular formula is C60H71Cl2F2IN14O13. The molecule has 0 bridgehead atoms. The van der Waals surface area contributed by atoms with Crippen LogP contribution >= 0.6 is 45.8 Å². The molecule has 494 valence electrons. The lowest BCUT2D eigenvalue weighted by Crippen LogP contribution is -2.44. The van der Waals surface area contributed by atoms with Crippen LogP contribution < -0.4 is 30.5 Å².